The maximum atomic E-state index is 12.8. The third kappa shape index (κ3) is 3.74. The lowest BCUT2D eigenvalue weighted by Gasteiger charge is -2.21. The molecule has 2 aliphatic rings. The van der Waals surface area contributed by atoms with E-state index >= 15 is 0 Å². The number of urea groups is 1. The molecule has 0 atom stereocenters. The fourth-order valence-corrected chi connectivity index (χ4v) is 3.81. The lowest BCUT2D eigenvalue weighted by molar-refractivity contribution is -0.133. The number of nitrogens with one attached hydrogen (secondary N) is 1. The van der Waals surface area contributed by atoms with Crippen molar-refractivity contribution in [1.82, 2.24) is 24.9 Å². The standard InChI is InChI=1S/C21H25N5O3/c1-21(2)19(28)25(20(29)22-21)12-9-18(27)24-10-6-11-26-16(14-24)13-17(23-26)15-7-4-3-5-8-15/h3-5,7-8,13H,6,9-12,14H2,1-2H3,(H,22,29). The van der Waals surface area contributed by atoms with E-state index in [9.17, 15) is 14.4 Å². The molecule has 3 heterocycles. The molecule has 0 unspecified atom stereocenters. The molecule has 1 saturated heterocycles. The van der Waals surface area contributed by atoms with Crippen molar-refractivity contribution in [1.29, 1.82) is 0 Å². The van der Waals surface area contributed by atoms with Crippen molar-refractivity contribution in [2.75, 3.05) is 13.1 Å². The molecule has 1 aromatic heterocycles. The predicted molar refractivity (Wildman–Crippen MR) is 107 cm³/mol. The number of rotatable bonds is 4. The summed E-state index contributed by atoms with van der Waals surface area (Å²) in [7, 11) is 0. The zero-order valence-electron chi connectivity index (χ0n) is 16.7. The summed E-state index contributed by atoms with van der Waals surface area (Å²) < 4.78 is 1.97. The molecule has 8 heteroatoms. The van der Waals surface area contributed by atoms with Gasteiger partial charge in [0.25, 0.3) is 5.91 Å². The molecule has 0 radical (unpaired) electrons. The monoisotopic (exact) mass is 395 g/mol. The maximum Gasteiger partial charge on any atom is 0.325 e. The van der Waals surface area contributed by atoms with E-state index in [1.54, 1.807) is 18.7 Å². The first-order chi connectivity index (χ1) is 13.8. The van der Waals surface area contributed by atoms with E-state index in [0.717, 1.165) is 34.8 Å². The molecular weight excluding hydrogens is 370 g/mol. The average molecular weight is 395 g/mol. The molecule has 4 amide bonds. The Hall–Kier alpha value is -3.16. The third-order valence-corrected chi connectivity index (χ3v) is 5.43. The van der Waals surface area contributed by atoms with Gasteiger partial charge in [-0.25, -0.2) is 4.79 Å². The molecule has 0 bridgehead atoms. The van der Waals surface area contributed by atoms with Crippen molar-refractivity contribution in [2.24, 2.45) is 0 Å². The molecule has 152 valence electrons. The SMILES string of the molecule is CC1(C)NC(=O)N(CCC(=O)N2CCCn3nc(-c4ccccc4)cc3C2)C1=O. The van der Waals surface area contributed by atoms with Crippen LogP contribution in [0.1, 0.15) is 32.4 Å². The first-order valence-electron chi connectivity index (χ1n) is 9.89. The van der Waals surface area contributed by atoms with Gasteiger partial charge >= 0.3 is 6.03 Å². The number of hydrogen-bond donors (Lipinski definition) is 1. The Morgan fingerprint density at radius 2 is 1.93 bits per heavy atom. The van der Waals surface area contributed by atoms with Crippen LogP contribution in [0.3, 0.4) is 0 Å². The minimum absolute atomic E-state index is 0.0637. The molecule has 8 nitrogen and oxygen atoms in total. The van der Waals surface area contributed by atoms with Gasteiger partial charge in [-0.2, -0.15) is 5.10 Å². The smallest absolute Gasteiger partial charge is 0.325 e. The zero-order valence-corrected chi connectivity index (χ0v) is 16.7. The zero-order chi connectivity index (χ0) is 20.6. The Bertz CT molecular complexity index is 950. The summed E-state index contributed by atoms with van der Waals surface area (Å²) in [6.07, 6.45) is 0.930. The topological polar surface area (TPSA) is 87.5 Å². The summed E-state index contributed by atoms with van der Waals surface area (Å²) in [4.78, 5) is 40.0. The van der Waals surface area contributed by atoms with Crippen LogP contribution in [0.2, 0.25) is 0 Å². The Morgan fingerprint density at radius 1 is 1.17 bits per heavy atom. The minimum atomic E-state index is -0.914. The first kappa shape index (κ1) is 19.2. The summed E-state index contributed by atoms with van der Waals surface area (Å²) in [5.74, 6) is -0.358. The molecule has 0 spiro atoms. The maximum absolute atomic E-state index is 12.8. The summed E-state index contributed by atoms with van der Waals surface area (Å²) in [5.41, 5.74) is 2.03. The highest BCUT2D eigenvalue weighted by molar-refractivity contribution is 6.06. The van der Waals surface area contributed by atoms with Gasteiger partial charge in [0, 0.05) is 31.6 Å². The minimum Gasteiger partial charge on any atom is -0.337 e. The summed E-state index contributed by atoms with van der Waals surface area (Å²) in [6, 6.07) is 11.6. The van der Waals surface area contributed by atoms with Gasteiger partial charge in [0.05, 0.1) is 17.9 Å². The van der Waals surface area contributed by atoms with Crippen LogP contribution in [0.15, 0.2) is 36.4 Å². The van der Waals surface area contributed by atoms with Crippen molar-refractivity contribution in [3.05, 3.63) is 42.1 Å². The van der Waals surface area contributed by atoms with Crippen LogP contribution in [-0.2, 0) is 22.7 Å². The number of amides is 4. The fraction of sp³-hybridized carbons (Fsp3) is 0.429. The molecule has 29 heavy (non-hydrogen) atoms. The van der Waals surface area contributed by atoms with Crippen molar-refractivity contribution in [3.63, 3.8) is 0 Å². The van der Waals surface area contributed by atoms with Gasteiger partial charge in [-0.05, 0) is 26.3 Å². The second kappa shape index (κ2) is 7.35. The van der Waals surface area contributed by atoms with Gasteiger partial charge in [0.1, 0.15) is 5.54 Å². The Labute approximate surface area is 169 Å². The largest absolute Gasteiger partial charge is 0.337 e. The second-order valence-electron chi connectivity index (χ2n) is 8.04. The van der Waals surface area contributed by atoms with Crippen molar-refractivity contribution in [2.45, 2.75) is 45.3 Å². The van der Waals surface area contributed by atoms with E-state index in [0.29, 0.717) is 13.1 Å². The third-order valence-electron chi connectivity index (χ3n) is 5.43. The Morgan fingerprint density at radius 3 is 2.62 bits per heavy atom. The highest BCUT2D eigenvalue weighted by atomic mass is 16.2. The van der Waals surface area contributed by atoms with E-state index in [-0.39, 0.29) is 24.8 Å². The van der Waals surface area contributed by atoms with Gasteiger partial charge in [0.2, 0.25) is 5.91 Å². The normalized spacial score (nSPS) is 18.4. The second-order valence-corrected chi connectivity index (χ2v) is 8.04. The molecule has 4 rings (SSSR count). The number of nitrogens with zero attached hydrogens (tertiary/aromatic N) is 4. The Balaban J connectivity index is 1.42. The van der Waals surface area contributed by atoms with Crippen molar-refractivity contribution < 1.29 is 14.4 Å². The van der Waals surface area contributed by atoms with Crippen molar-refractivity contribution in [3.8, 4) is 11.3 Å². The van der Waals surface area contributed by atoms with E-state index in [2.05, 4.69) is 5.32 Å². The predicted octanol–water partition coefficient (Wildman–Crippen LogP) is 2.00. The van der Waals surface area contributed by atoms with E-state index in [1.165, 1.54) is 0 Å². The van der Waals surface area contributed by atoms with Gasteiger partial charge in [-0.15, -0.1) is 0 Å². The van der Waals surface area contributed by atoms with Crippen LogP contribution in [0.4, 0.5) is 4.79 Å². The molecular formula is C21H25N5O3. The van der Waals surface area contributed by atoms with Crippen LogP contribution in [0.25, 0.3) is 11.3 Å². The number of hydrogen-bond acceptors (Lipinski definition) is 4. The molecule has 2 aromatic rings. The van der Waals surface area contributed by atoms with Crippen LogP contribution >= 0.6 is 0 Å². The number of fused-ring (bicyclic) bond motifs is 1. The summed E-state index contributed by atoms with van der Waals surface area (Å²) >= 11 is 0. The molecule has 2 aliphatic heterocycles. The summed E-state index contributed by atoms with van der Waals surface area (Å²) in [5, 5.41) is 7.33. The number of aromatic nitrogens is 2. The highest BCUT2D eigenvalue weighted by Crippen LogP contribution is 2.22. The van der Waals surface area contributed by atoms with E-state index in [1.807, 2.05) is 41.1 Å². The number of carbonyl (C=O) groups excluding carboxylic acids is 3. The van der Waals surface area contributed by atoms with Crippen LogP contribution in [0.5, 0.6) is 0 Å². The average Bonchev–Trinajstić information content (AvgIpc) is 3.09. The number of imide groups is 1. The fourth-order valence-electron chi connectivity index (χ4n) is 3.81. The number of carbonyl (C=O) groups is 3. The van der Waals surface area contributed by atoms with E-state index in [4.69, 9.17) is 5.10 Å². The number of aryl methyl sites for hydroxylation is 1. The van der Waals surface area contributed by atoms with Crippen LogP contribution < -0.4 is 5.32 Å². The van der Waals surface area contributed by atoms with E-state index < -0.39 is 11.6 Å². The van der Waals surface area contributed by atoms with Crippen LogP contribution in [0, 0.1) is 0 Å². The lowest BCUT2D eigenvalue weighted by atomic mass is 10.1. The molecule has 1 aromatic carbocycles. The quantitative estimate of drug-likeness (QED) is 0.802. The molecule has 0 saturated carbocycles. The van der Waals surface area contributed by atoms with Gasteiger partial charge in [-0.3, -0.25) is 19.2 Å². The van der Waals surface area contributed by atoms with Crippen molar-refractivity contribution >= 4 is 17.8 Å². The van der Waals surface area contributed by atoms with Crippen LogP contribution in [-0.4, -0.2) is 56.1 Å². The molecule has 1 fully saturated rings. The van der Waals surface area contributed by atoms with Gasteiger partial charge in [0.15, 0.2) is 0 Å². The lowest BCUT2D eigenvalue weighted by Crippen LogP contribution is -2.41. The van der Waals surface area contributed by atoms with Gasteiger partial charge in [-0.1, -0.05) is 30.3 Å². The van der Waals surface area contributed by atoms with Gasteiger partial charge < -0.3 is 10.2 Å². The summed E-state index contributed by atoms with van der Waals surface area (Å²) in [6.45, 7) is 5.29. The first-order valence-corrected chi connectivity index (χ1v) is 9.89. The molecule has 1 N–H and O–H groups in total. The molecule has 0 aliphatic carbocycles. The number of benzene rings is 1. The Kier molecular flexibility index (Phi) is 4.86. The highest BCUT2D eigenvalue weighted by Gasteiger charge is 2.44.